The summed E-state index contributed by atoms with van der Waals surface area (Å²) in [6.07, 6.45) is 0.552. The van der Waals surface area contributed by atoms with Gasteiger partial charge in [-0.15, -0.1) is 0 Å². The van der Waals surface area contributed by atoms with Crippen LogP contribution < -0.4 is 4.74 Å². The Morgan fingerprint density at radius 1 is 1.00 bits per heavy atom. The Morgan fingerprint density at radius 3 is 2.24 bits per heavy atom. The summed E-state index contributed by atoms with van der Waals surface area (Å²) in [5, 5.41) is 0.452. The number of carbonyl (C=O) groups excluding carboxylic acids is 1. The maximum atomic E-state index is 13.8. The fourth-order valence-corrected chi connectivity index (χ4v) is 5.49. The van der Waals surface area contributed by atoms with Gasteiger partial charge in [0, 0.05) is 11.6 Å². The van der Waals surface area contributed by atoms with Gasteiger partial charge in [-0.1, -0.05) is 54.9 Å². The van der Waals surface area contributed by atoms with Crippen molar-refractivity contribution in [2.75, 3.05) is 14.2 Å². The summed E-state index contributed by atoms with van der Waals surface area (Å²) in [6.45, 7) is 1.99. The minimum atomic E-state index is -3.90. The Balaban J connectivity index is 2.11. The van der Waals surface area contributed by atoms with Crippen molar-refractivity contribution in [1.29, 1.82) is 0 Å². The van der Waals surface area contributed by atoms with Crippen molar-refractivity contribution in [2.45, 2.75) is 30.8 Å². The van der Waals surface area contributed by atoms with Crippen molar-refractivity contribution in [2.24, 2.45) is 0 Å². The number of halogens is 1. The van der Waals surface area contributed by atoms with Crippen molar-refractivity contribution in [3.63, 3.8) is 0 Å². The third-order valence-electron chi connectivity index (χ3n) is 5.35. The minimum absolute atomic E-state index is 0.0480. The Morgan fingerprint density at radius 2 is 1.67 bits per heavy atom. The fourth-order valence-electron chi connectivity index (χ4n) is 3.69. The van der Waals surface area contributed by atoms with E-state index in [1.54, 1.807) is 30.3 Å². The average molecular weight is 488 g/mol. The zero-order chi connectivity index (χ0) is 24.0. The maximum absolute atomic E-state index is 13.8. The smallest absolute Gasteiger partial charge is 0.341 e. The Labute approximate surface area is 199 Å². The van der Waals surface area contributed by atoms with Gasteiger partial charge in [-0.05, 0) is 53.9 Å². The molecule has 0 aliphatic heterocycles. The lowest BCUT2D eigenvalue weighted by molar-refractivity contribution is 0.0597. The molecule has 8 heteroatoms. The molecule has 0 saturated heterocycles. The molecular weight excluding hydrogens is 462 g/mol. The van der Waals surface area contributed by atoms with E-state index in [-0.39, 0.29) is 17.0 Å². The van der Waals surface area contributed by atoms with Crippen LogP contribution in [0.1, 0.15) is 40.9 Å². The zero-order valence-corrected chi connectivity index (χ0v) is 20.3. The number of methoxy groups -OCH3 is 2. The number of hydrogen-bond acceptors (Lipinski definition) is 5. The van der Waals surface area contributed by atoms with E-state index in [0.717, 1.165) is 5.56 Å². The van der Waals surface area contributed by atoms with E-state index < -0.39 is 22.0 Å². The molecule has 0 heterocycles. The summed E-state index contributed by atoms with van der Waals surface area (Å²) in [5.74, 6) is -0.205. The van der Waals surface area contributed by atoms with Crippen LogP contribution in [0.15, 0.2) is 77.7 Å². The topological polar surface area (TPSA) is 72.9 Å². The fraction of sp³-hybridized carbons (Fsp3) is 0.240. The van der Waals surface area contributed by atoms with Crippen molar-refractivity contribution in [3.8, 4) is 5.75 Å². The normalized spacial score (nSPS) is 12.4. The molecule has 174 valence electrons. The second-order valence-corrected chi connectivity index (χ2v) is 9.69. The molecule has 0 aromatic heterocycles. The summed E-state index contributed by atoms with van der Waals surface area (Å²) in [4.78, 5) is 12.4. The van der Waals surface area contributed by atoms with Gasteiger partial charge in [-0.25, -0.2) is 13.2 Å². The van der Waals surface area contributed by atoms with Crippen molar-refractivity contribution in [3.05, 3.63) is 94.5 Å². The summed E-state index contributed by atoms with van der Waals surface area (Å²) in [6, 6.07) is 20.1. The van der Waals surface area contributed by atoms with Crippen molar-refractivity contribution in [1.82, 2.24) is 4.31 Å². The first-order chi connectivity index (χ1) is 15.8. The largest absolute Gasteiger partial charge is 0.496 e. The lowest BCUT2D eigenvalue weighted by Crippen LogP contribution is -2.34. The standard InChI is InChI=1S/C25H26ClNO5S/c1-4-23(19-8-6-5-7-9-19)27(33(29,30)21-13-11-20(26)12-14-21)17-18-10-15-24(31-2)22(16-18)25(28)32-3/h5-16,23H,4,17H2,1-3H3/t23-/m0/s1. The molecule has 0 spiro atoms. The van der Waals surface area contributed by atoms with E-state index in [4.69, 9.17) is 21.1 Å². The number of ether oxygens (including phenoxy) is 2. The molecule has 0 fully saturated rings. The number of nitrogens with zero attached hydrogens (tertiary/aromatic N) is 1. The number of sulfonamides is 1. The average Bonchev–Trinajstić information content (AvgIpc) is 2.84. The molecule has 0 aliphatic rings. The van der Waals surface area contributed by atoms with Crippen LogP contribution in [-0.2, 0) is 21.3 Å². The van der Waals surface area contributed by atoms with Crippen LogP contribution in [0.4, 0.5) is 0 Å². The molecule has 33 heavy (non-hydrogen) atoms. The maximum Gasteiger partial charge on any atom is 0.341 e. The molecule has 6 nitrogen and oxygen atoms in total. The van der Waals surface area contributed by atoms with Crippen LogP contribution in [0.25, 0.3) is 0 Å². The third kappa shape index (κ3) is 5.55. The first-order valence-electron chi connectivity index (χ1n) is 10.4. The van der Waals surface area contributed by atoms with Crippen molar-refractivity contribution < 1.29 is 22.7 Å². The van der Waals surface area contributed by atoms with Crippen LogP contribution in [0.5, 0.6) is 5.75 Å². The summed E-state index contributed by atoms with van der Waals surface area (Å²) in [7, 11) is -1.16. The highest BCUT2D eigenvalue weighted by molar-refractivity contribution is 7.89. The molecule has 0 bridgehead atoms. The van der Waals surface area contributed by atoms with Gasteiger partial charge in [-0.2, -0.15) is 4.31 Å². The predicted octanol–water partition coefficient (Wildman–Crippen LogP) is 5.48. The van der Waals surface area contributed by atoms with Gasteiger partial charge >= 0.3 is 5.97 Å². The van der Waals surface area contributed by atoms with Crippen LogP contribution in [0.3, 0.4) is 0 Å². The van der Waals surface area contributed by atoms with E-state index in [1.165, 1.54) is 30.7 Å². The zero-order valence-electron chi connectivity index (χ0n) is 18.7. The molecule has 1 atom stereocenters. The lowest BCUT2D eigenvalue weighted by Gasteiger charge is -2.31. The van der Waals surface area contributed by atoms with E-state index in [2.05, 4.69) is 0 Å². The molecule has 0 radical (unpaired) electrons. The van der Waals surface area contributed by atoms with Crippen LogP contribution in [-0.4, -0.2) is 32.9 Å². The number of esters is 1. The van der Waals surface area contributed by atoms with Gasteiger partial charge in [-0.3, -0.25) is 0 Å². The molecular formula is C25H26ClNO5S. The quantitative estimate of drug-likeness (QED) is 0.374. The minimum Gasteiger partial charge on any atom is -0.496 e. The summed E-state index contributed by atoms with van der Waals surface area (Å²) >= 11 is 5.98. The summed E-state index contributed by atoms with van der Waals surface area (Å²) < 4.78 is 39.2. The third-order valence-corrected chi connectivity index (χ3v) is 7.47. The highest BCUT2D eigenvalue weighted by atomic mass is 35.5. The Bertz CT molecular complexity index is 1200. The molecule has 0 amide bonds. The van der Waals surface area contributed by atoms with Crippen molar-refractivity contribution >= 4 is 27.6 Å². The predicted molar refractivity (Wildman–Crippen MR) is 128 cm³/mol. The van der Waals surface area contributed by atoms with E-state index >= 15 is 0 Å². The first kappa shape index (κ1) is 24.8. The van der Waals surface area contributed by atoms with E-state index in [0.29, 0.717) is 22.8 Å². The van der Waals surface area contributed by atoms with Crippen LogP contribution >= 0.6 is 11.6 Å². The van der Waals surface area contributed by atoms with Gasteiger partial charge in [0.15, 0.2) is 0 Å². The lowest BCUT2D eigenvalue weighted by atomic mass is 10.0. The Kier molecular flexibility index (Phi) is 8.13. The van der Waals surface area contributed by atoms with Gasteiger partial charge < -0.3 is 9.47 Å². The monoisotopic (exact) mass is 487 g/mol. The molecule has 0 aliphatic carbocycles. The van der Waals surface area contributed by atoms with Gasteiger partial charge in [0.05, 0.1) is 25.2 Å². The molecule has 0 saturated carbocycles. The second kappa shape index (κ2) is 10.8. The molecule has 0 N–H and O–H groups in total. The molecule has 3 aromatic carbocycles. The number of carbonyl (C=O) groups is 1. The number of rotatable bonds is 9. The van der Waals surface area contributed by atoms with Gasteiger partial charge in [0.1, 0.15) is 11.3 Å². The molecule has 3 rings (SSSR count). The van der Waals surface area contributed by atoms with Crippen LogP contribution in [0.2, 0.25) is 5.02 Å². The van der Waals surface area contributed by atoms with E-state index in [1.807, 2.05) is 37.3 Å². The van der Waals surface area contributed by atoms with Gasteiger partial charge in [0.25, 0.3) is 0 Å². The van der Waals surface area contributed by atoms with Crippen LogP contribution in [0, 0.1) is 0 Å². The second-order valence-electron chi connectivity index (χ2n) is 7.37. The molecule has 3 aromatic rings. The summed E-state index contributed by atoms with van der Waals surface area (Å²) in [5.41, 5.74) is 1.73. The molecule has 0 unspecified atom stereocenters. The highest BCUT2D eigenvalue weighted by Crippen LogP contribution is 2.33. The first-order valence-corrected chi connectivity index (χ1v) is 12.2. The van der Waals surface area contributed by atoms with E-state index in [9.17, 15) is 13.2 Å². The SMILES string of the molecule is CC[C@@H](c1ccccc1)N(Cc1ccc(OC)c(C(=O)OC)c1)S(=O)(=O)c1ccc(Cl)cc1. The number of benzene rings is 3. The Hall–Kier alpha value is -2.87. The number of hydrogen-bond donors (Lipinski definition) is 0. The van der Waals surface area contributed by atoms with Gasteiger partial charge in [0.2, 0.25) is 10.0 Å². The highest BCUT2D eigenvalue weighted by Gasteiger charge is 2.32.